The average Bonchev–Trinajstić information content (AvgIpc) is 3.00. The van der Waals surface area contributed by atoms with Crippen molar-refractivity contribution in [3.8, 4) is 17.2 Å². The number of nitrogens with one attached hydrogen (secondary N) is 1. The quantitative estimate of drug-likeness (QED) is 0.387. The Bertz CT molecular complexity index is 845. The van der Waals surface area contributed by atoms with Crippen LogP contribution >= 0.6 is 11.8 Å². The van der Waals surface area contributed by atoms with E-state index in [0.29, 0.717) is 5.56 Å². The van der Waals surface area contributed by atoms with Gasteiger partial charge < -0.3 is 29.7 Å². The summed E-state index contributed by atoms with van der Waals surface area (Å²) in [6.07, 6.45) is -0.0748. The Hall–Kier alpha value is -3.28. The van der Waals surface area contributed by atoms with Crippen LogP contribution in [0.2, 0.25) is 0 Å². The molecule has 12 heteroatoms. The highest BCUT2D eigenvalue weighted by atomic mass is 32.2. The SMILES string of the molecule is COc1cc(C=NN=C2NC(=O)C(CC(=O)O)S2)cc(OC)c1OC(C)C(=O)O. The molecule has 0 aromatic heterocycles. The lowest BCUT2D eigenvalue weighted by Gasteiger charge is -2.17. The number of amidine groups is 1. The maximum Gasteiger partial charge on any atom is 0.344 e. The van der Waals surface area contributed by atoms with Crippen LogP contribution in [0.1, 0.15) is 18.9 Å². The van der Waals surface area contributed by atoms with Gasteiger partial charge in [-0.05, 0) is 19.1 Å². The zero-order valence-corrected chi connectivity index (χ0v) is 16.6. The van der Waals surface area contributed by atoms with Gasteiger partial charge in [0.25, 0.3) is 0 Å². The van der Waals surface area contributed by atoms with Crippen molar-refractivity contribution in [3.63, 3.8) is 0 Å². The summed E-state index contributed by atoms with van der Waals surface area (Å²) in [7, 11) is 2.78. The molecule has 2 atom stereocenters. The van der Waals surface area contributed by atoms with Gasteiger partial charge in [0.2, 0.25) is 11.7 Å². The van der Waals surface area contributed by atoms with Gasteiger partial charge in [0.05, 0.1) is 26.9 Å². The van der Waals surface area contributed by atoms with Gasteiger partial charge in [-0.15, -0.1) is 5.10 Å². The Morgan fingerprint density at radius 3 is 2.41 bits per heavy atom. The van der Waals surface area contributed by atoms with Crippen LogP contribution in [0.15, 0.2) is 22.3 Å². The third-order valence-electron chi connectivity index (χ3n) is 3.62. The topological polar surface area (TPSA) is 156 Å². The molecule has 2 rings (SSSR count). The van der Waals surface area contributed by atoms with Crippen molar-refractivity contribution in [2.24, 2.45) is 10.2 Å². The molecule has 1 saturated heterocycles. The van der Waals surface area contributed by atoms with Crippen molar-refractivity contribution >= 4 is 41.0 Å². The Kier molecular flexibility index (Phi) is 7.42. The number of carboxylic acids is 2. The van der Waals surface area contributed by atoms with Crippen LogP contribution in [-0.2, 0) is 14.4 Å². The molecule has 1 fully saturated rings. The fourth-order valence-corrected chi connectivity index (χ4v) is 3.13. The first-order valence-corrected chi connectivity index (χ1v) is 9.09. The van der Waals surface area contributed by atoms with Gasteiger partial charge in [-0.25, -0.2) is 4.79 Å². The predicted octanol–water partition coefficient (Wildman–Crippen LogP) is 0.952. The van der Waals surface area contributed by atoms with Crippen LogP contribution in [-0.4, -0.2) is 65.0 Å². The van der Waals surface area contributed by atoms with E-state index in [4.69, 9.17) is 24.4 Å². The summed E-state index contributed by atoms with van der Waals surface area (Å²) in [4.78, 5) is 33.4. The Labute approximate surface area is 169 Å². The monoisotopic (exact) mass is 425 g/mol. The van der Waals surface area contributed by atoms with Gasteiger partial charge in [0.1, 0.15) is 5.25 Å². The Morgan fingerprint density at radius 1 is 1.28 bits per heavy atom. The molecule has 156 valence electrons. The van der Waals surface area contributed by atoms with Gasteiger partial charge in [-0.1, -0.05) is 11.8 Å². The number of aliphatic carboxylic acids is 2. The number of amides is 1. The Balaban J connectivity index is 2.19. The highest BCUT2D eigenvalue weighted by Crippen LogP contribution is 2.39. The summed E-state index contributed by atoms with van der Waals surface area (Å²) in [5.41, 5.74) is 0.509. The van der Waals surface area contributed by atoms with Gasteiger partial charge in [-0.2, -0.15) is 5.10 Å². The third kappa shape index (κ3) is 5.85. The summed E-state index contributed by atoms with van der Waals surface area (Å²) in [5.74, 6) is -2.07. The zero-order chi connectivity index (χ0) is 21.6. The van der Waals surface area contributed by atoms with E-state index >= 15 is 0 Å². The average molecular weight is 425 g/mol. The summed E-state index contributed by atoms with van der Waals surface area (Å²) in [6, 6.07) is 3.09. The second-order valence-corrected chi connectivity index (χ2v) is 6.89. The van der Waals surface area contributed by atoms with Crippen LogP contribution < -0.4 is 19.5 Å². The second-order valence-electron chi connectivity index (χ2n) is 5.70. The number of carbonyl (C=O) groups is 3. The molecule has 29 heavy (non-hydrogen) atoms. The van der Waals surface area contributed by atoms with E-state index < -0.39 is 29.2 Å². The first-order chi connectivity index (χ1) is 13.7. The lowest BCUT2D eigenvalue weighted by atomic mass is 10.2. The summed E-state index contributed by atoms with van der Waals surface area (Å²) >= 11 is 0.979. The number of carboxylic acid groups (broad SMARTS) is 2. The van der Waals surface area contributed by atoms with Crippen LogP contribution in [0.5, 0.6) is 17.2 Å². The fraction of sp³-hybridized carbons (Fsp3) is 0.353. The molecule has 0 radical (unpaired) electrons. The van der Waals surface area contributed by atoms with E-state index in [1.165, 1.54) is 27.4 Å². The minimum atomic E-state index is -1.15. The van der Waals surface area contributed by atoms with Crippen LogP contribution in [0.25, 0.3) is 0 Å². The molecular weight excluding hydrogens is 406 g/mol. The third-order valence-corrected chi connectivity index (χ3v) is 4.69. The van der Waals surface area contributed by atoms with E-state index in [0.717, 1.165) is 11.8 Å². The summed E-state index contributed by atoms with van der Waals surface area (Å²) in [5, 5.41) is 27.4. The highest BCUT2D eigenvalue weighted by molar-refractivity contribution is 8.15. The molecule has 0 aliphatic carbocycles. The lowest BCUT2D eigenvalue weighted by molar-refractivity contribution is -0.144. The van der Waals surface area contributed by atoms with Gasteiger partial charge in [-0.3, -0.25) is 9.59 Å². The van der Waals surface area contributed by atoms with Crippen molar-refractivity contribution in [3.05, 3.63) is 17.7 Å². The first kappa shape index (κ1) is 22.0. The van der Waals surface area contributed by atoms with Gasteiger partial charge in [0.15, 0.2) is 22.8 Å². The van der Waals surface area contributed by atoms with Gasteiger partial charge in [0, 0.05) is 5.56 Å². The van der Waals surface area contributed by atoms with E-state index in [1.807, 2.05) is 0 Å². The molecule has 1 amide bonds. The van der Waals surface area contributed by atoms with Crippen molar-refractivity contribution < 1.29 is 38.8 Å². The number of carbonyl (C=O) groups excluding carboxylic acids is 1. The van der Waals surface area contributed by atoms with Gasteiger partial charge >= 0.3 is 11.9 Å². The smallest absolute Gasteiger partial charge is 0.344 e. The molecule has 0 saturated carbocycles. The number of rotatable bonds is 9. The highest BCUT2D eigenvalue weighted by Gasteiger charge is 2.32. The molecule has 2 unspecified atom stereocenters. The molecule has 1 aliphatic rings. The molecule has 11 nitrogen and oxygen atoms in total. The largest absolute Gasteiger partial charge is 0.493 e. The van der Waals surface area contributed by atoms with E-state index in [9.17, 15) is 14.4 Å². The number of benzene rings is 1. The molecule has 1 aromatic rings. The summed E-state index contributed by atoms with van der Waals surface area (Å²) < 4.78 is 15.9. The van der Waals surface area contributed by atoms with Crippen LogP contribution in [0.3, 0.4) is 0 Å². The number of methoxy groups -OCH3 is 2. The van der Waals surface area contributed by atoms with Crippen molar-refractivity contribution in [2.75, 3.05) is 14.2 Å². The number of hydrogen-bond donors (Lipinski definition) is 3. The molecule has 1 heterocycles. The van der Waals surface area contributed by atoms with Crippen LogP contribution in [0, 0.1) is 0 Å². The number of ether oxygens (including phenoxy) is 3. The standard InChI is InChI=1S/C17H19N3O8S/c1-8(16(24)25)28-14-10(26-2)4-9(5-11(14)27-3)7-18-20-17-19-15(23)12(29-17)6-13(21)22/h4-5,7-8,12H,6H2,1-3H3,(H,21,22)(H,24,25)(H,19,20,23). The Morgan fingerprint density at radius 2 is 1.90 bits per heavy atom. The fourth-order valence-electron chi connectivity index (χ4n) is 2.21. The van der Waals surface area contributed by atoms with Crippen molar-refractivity contribution in [2.45, 2.75) is 24.7 Å². The maximum absolute atomic E-state index is 11.7. The second kappa shape index (κ2) is 9.78. The molecule has 1 aliphatic heterocycles. The number of nitrogens with zero attached hydrogens (tertiary/aromatic N) is 2. The minimum Gasteiger partial charge on any atom is -0.493 e. The normalized spacial score (nSPS) is 18.5. The number of thioether (sulfide) groups is 1. The molecule has 0 bridgehead atoms. The van der Waals surface area contributed by atoms with E-state index in [-0.39, 0.29) is 28.8 Å². The van der Waals surface area contributed by atoms with E-state index in [1.54, 1.807) is 12.1 Å². The maximum atomic E-state index is 11.7. The van der Waals surface area contributed by atoms with Crippen LogP contribution in [0.4, 0.5) is 0 Å². The minimum absolute atomic E-state index is 0.128. The van der Waals surface area contributed by atoms with Crippen molar-refractivity contribution in [1.29, 1.82) is 0 Å². The van der Waals surface area contributed by atoms with E-state index in [2.05, 4.69) is 15.5 Å². The summed E-state index contributed by atoms with van der Waals surface area (Å²) in [6.45, 7) is 1.37. The van der Waals surface area contributed by atoms with Crippen molar-refractivity contribution in [1.82, 2.24) is 5.32 Å². The predicted molar refractivity (Wildman–Crippen MR) is 104 cm³/mol. The molecule has 3 N–H and O–H groups in total. The molecular formula is C17H19N3O8S. The lowest BCUT2D eigenvalue weighted by Crippen LogP contribution is -2.26. The zero-order valence-electron chi connectivity index (χ0n) is 15.7. The molecule has 1 aromatic carbocycles. The first-order valence-electron chi connectivity index (χ1n) is 8.21. The molecule has 0 spiro atoms. The number of hydrogen-bond acceptors (Lipinski definition) is 9.